The highest BCUT2D eigenvalue weighted by Crippen LogP contribution is 2.52. The Hall–Kier alpha value is -1.80. The lowest BCUT2D eigenvalue weighted by molar-refractivity contribution is -0.120. The number of fused-ring (bicyclic) bond motifs is 1. The Labute approximate surface area is 148 Å². The summed E-state index contributed by atoms with van der Waals surface area (Å²) in [5.41, 5.74) is 4.42. The highest BCUT2D eigenvalue weighted by molar-refractivity contribution is 6.30. The Morgan fingerprint density at radius 1 is 1.04 bits per heavy atom. The van der Waals surface area contributed by atoms with E-state index in [0.717, 1.165) is 40.2 Å². The van der Waals surface area contributed by atoms with Gasteiger partial charge in [-0.2, -0.15) is 0 Å². The van der Waals surface area contributed by atoms with Gasteiger partial charge in [-0.15, -0.1) is 0 Å². The van der Waals surface area contributed by atoms with Gasteiger partial charge in [-0.3, -0.25) is 4.79 Å². The van der Waals surface area contributed by atoms with Crippen LogP contribution in [0.15, 0.2) is 42.5 Å². The van der Waals surface area contributed by atoms with Crippen molar-refractivity contribution in [1.82, 2.24) is 0 Å². The van der Waals surface area contributed by atoms with Crippen molar-refractivity contribution in [2.45, 2.75) is 44.9 Å². The van der Waals surface area contributed by atoms with Crippen LogP contribution in [0.2, 0.25) is 5.02 Å². The zero-order valence-electron chi connectivity index (χ0n) is 13.9. The number of amides is 1. The molecule has 0 saturated heterocycles. The van der Waals surface area contributed by atoms with Gasteiger partial charge in [0.2, 0.25) is 5.91 Å². The van der Waals surface area contributed by atoms with E-state index in [9.17, 15) is 4.79 Å². The Kier molecular flexibility index (Phi) is 3.88. The molecule has 0 bridgehead atoms. The molecule has 1 atom stereocenters. The zero-order valence-corrected chi connectivity index (χ0v) is 14.7. The topological polar surface area (TPSA) is 29.1 Å². The van der Waals surface area contributed by atoms with Crippen LogP contribution in [0, 0.1) is 5.41 Å². The molecule has 1 unspecified atom stereocenters. The van der Waals surface area contributed by atoms with E-state index in [1.165, 1.54) is 19.3 Å². The second kappa shape index (κ2) is 5.93. The molecule has 1 aliphatic heterocycles. The quantitative estimate of drug-likeness (QED) is 0.712. The van der Waals surface area contributed by atoms with Gasteiger partial charge in [0.15, 0.2) is 0 Å². The maximum absolute atomic E-state index is 12.7. The van der Waals surface area contributed by atoms with Gasteiger partial charge >= 0.3 is 0 Å². The third-order valence-electron chi connectivity index (χ3n) is 5.73. The van der Waals surface area contributed by atoms with Crippen molar-refractivity contribution in [3.8, 4) is 11.1 Å². The third kappa shape index (κ3) is 2.63. The summed E-state index contributed by atoms with van der Waals surface area (Å²) in [7, 11) is 0. The lowest BCUT2D eigenvalue weighted by Gasteiger charge is -2.38. The summed E-state index contributed by atoms with van der Waals surface area (Å²) in [6.07, 6.45) is 6.00. The van der Waals surface area contributed by atoms with Crippen molar-refractivity contribution in [1.29, 1.82) is 0 Å². The van der Waals surface area contributed by atoms with Gasteiger partial charge in [0.1, 0.15) is 0 Å². The fourth-order valence-corrected chi connectivity index (χ4v) is 4.64. The summed E-state index contributed by atoms with van der Waals surface area (Å²) in [5.74, 6) is 0.129. The summed E-state index contributed by atoms with van der Waals surface area (Å²) < 4.78 is 0. The van der Waals surface area contributed by atoms with Gasteiger partial charge < -0.3 is 5.32 Å². The van der Waals surface area contributed by atoms with Crippen molar-refractivity contribution in [3.63, 3.8) is 0 Å². The number of carbonyl (C=O) groups is 1. The van der Waals surface area contributed by atoms with Crippen molar-refractivity contribution < 1.29 is 4.79 Å². The van der Waals surface area contributed by atoms with Crippen molar-refractivity contribution >= 4 is 23.2 Å². The predicted octanol–water partition coefficient (Wildman–Crippen LogP) is 6.01. The average molecular weight is 340 g/mol. The van der Waals surface area contributed by atoms with E-state index < -0.39 is 0 Å². The Morgan fingerprint density at radius 3 is 2.54 bits per heavy atom. The predicted molar refractivity (Wildman–Crippen MR) is 99.5 cm³/mol. The van der Waals surface area contributed by atoms with E-state index in [-0.39, 0.29) is 17.2 Å². The number of rotatable bonds is 2. The Morgan fingerprint density at radius 2 is 1.79 bits per heavy atom. The van der Waals surface area contributed by atoms with E-state index in [0.29, 0.717) is 0 Å². The van der Waals surface area contributed by atoms with E-state index in [4.69, 9.17) is 11.6 Å². The fourth-order valence-electron chi connectivity index (χ4n) is 4.45. The molecule has 24 heavy (non-hydrogen) atoms. The first-order valence-electron chi connectivity index (χ1n) is 8.78. The monoisotopic (exact) mass is 339 g/mol. The summed E-state index contributed by atoms with van der Waals surface area (Å²) in [4.78, 5) is 12.7. The lowest BCUT2D eigenvalue weighted by atomic mass is 9.65. The van der Waals surface area contributed by atoms with Crippen LogP contribution >= 0.6 is 11.6 Å². The second-order valence-corrected chi connectivity index (χ2v) is 7.89. The molecule has 1 amide bonds. The van der Waals surface area contributed by atoms with Crippen molar-refractivity contribution in [3.05, 3.63) is 53.1 Å². The minimum absolute atomic E-state index is 0.0352. The van der Waals surface area contributed by atoms with Gasteiger partial charge in [-0.25, -0.2) is 0 Å². The highest BCUT2D eigenvalue weighted by Gasteiger charge is 2.45. The van der Waals surface area contributed by atoms with Gasteiger partial charge in [0.05, 0.1) is 5.92 Å². The number of hydrogen-bond donors (Lipinski definition) is 1. The van der Waals surface area contributed by atoms with Crippen LogP contribution in [0.1, 0.15) is 50.5 Å². The van der Waals surface area contributed by atoms with E-state index in [2.05, 4.69) is 30.4 Å². The van der Waals surface area contributed by atoms with Gasteiger partial charge in [-0.05, 0) is 59.2 Å². The zero-order chi connectivity index (χ0) is 16.7. The van der Waals surface area contributed by atoms with Crippen LogP contribution in [-0.2, 0) is 4.79 Å². The largest absolute Gasteiger partial charge is 0.325 e. The lowest BCUT2D eigenvalue weighted by Crippen LogP contribution is -2.32. The highest BCUT2D eigenvalue weighted by atomic mass is 35.5. The maximum Gasteiger partial charge on any atom is 0.232 e. The molecule has 0 aromatic heterocycles. The molecule has 1 heterocycles. The smallest absolute Gasteiger partial charge is 0.232 e. The number of anilines is 1. The molecule has 2 nitrogen and oxygen atoms in total. The summed E-state index contributed by atoms with van der Waals surface area (Å²) >= 11 is 6.14. The maximum atomic E-state index is 12.7. The van der Waals surface area contributed by atoms with Gasteiger partial charge in [-0.1, -0.05) is 56.0 Å². The molecule has 1 aliphatic carbocycles. The summed E-state index contributed by atoms with van der Waals surface area (Å²) in [6, 6.07) is 14.2. The SMILES string of the molecule is CC1(C2C(=O)Nc3ccc(-c4cccc(Cl)c4)cc32)CCCCC1. The number of nitrogens with one attached hydrogen (secondary N) is 1. The number of benzene rings is 2. The molecular formula is C21H22ClNO. The molecule has 1 fully saturated rings. The van der Waals surface area contributed by atoms with Crippen LogP contribution in [0.3, 0.4) is 0 Å². The van der Waals surface area contributed by atoms with E-state index in [1.807, 2.05) is 24.3 Å². The van der Waals surface area contributed by atoms with Crippen molar-refractivity contribution in [2.75, 3.05) is 5.32 Å². The van der Waals surface area contributed by atoms with Gasteiger partial charge in [0, 0.05) is 10.7 Å². The first-order chi connectivity index (χ1) is 11.6. The Balaban J connectivity index is 1.77. The molecule has 4 rings (SSSR count). The van der Waals surface area contributed by atoms with Crippen molar-refractivity contribution in [2.24, 2.45) is 5.41 Å². The minimum atomic E-state index is -0.0352. The standard InChI is InChI=1S/C21H22ClNO/c1-21(10-3-2-4-11-21)19-17-13-15(8-9-18(17)23-20(19)24)14-6-5-7-16(22)12-14/h5-9,12-13,19H,2-4,10-11H2,1H3,(H,23,24). The molecule has 124 valence electrons. The number of carbonyl (C=O) groups excluding carboxylic acids is 1. The summed E-state index contributed by atoms with van der Waals surface area (Å²) in [6.45, 7) is 2.29. The van der Waals surface area contributed by atoms with Crippen LogP contribution in [0.25, 0.3) is 11.1 Å². The fraction of sp³-hybridized carbons (Fsp3) is 0.381. The van der Waals surface area contributed by atoms with Crippen LogP contribution < -0.4 is 5.32 Å². The normalized spacial score (nSPS) is 22.1. The van der Waals surface area contributed by atoms with E-state index >= 15 is 0 Å². The molecule has 0 spiro atoms. The second-order valence-electron chi connectivity index (χ2n) is 7.45. The van der Waals surface area contributed by atoms with Crippen LogP contribution in [0.4, 0.5) is 5.69 Å². The average Bonchev–Trinajstić information content (AvgIpc) is 2.91. The van der Waals surface area contributed by atoms with Gasteiger partial charge in [0.25, 0.3) is 0 Å². The molecule has 2 aromatic carbocycles. The number of halogens is 1. The molecule has 2 aromatic rings. The first-order valence-corrected chi connectivity index (χ1v) is 9.15. The third-order valence-corrected chi connectivity index (χ3v) is 5.97. The molecule has 1 saturated carbocycles. The molecule has 0 radical (unpaired) electrons. The molecule has 1 N–H and O–H groups in total. The van der Waals surface area contributed by atoms with Crippen LogP contribution in [-0.4, -0.2) is 5.91 Å². The number of hydrogen-bond acceptors (Lipinski definition) is 1. The summed E-state index contributed by atoms with van der Waals surface area (Å²) in [5, 5.41) is 3.83. The molecule has 3 heteroatoms. The first kappa shape index (κ1) is 15.7. The molecular weight excluding hydrogens is 318 g/mol. The minimum Gasteiger partial charge on any atom is -0.325 e. The van der Waals surface area contributed by atoms with E-state index in [1.54, 1.807) is 0 Å². The molecule has 2 aliphatic rings. The Bertz CT molecular complexity index is 792. The van der Waals surface area contributed by atoms with Crippen LogP contribution in [0.5, 0.6) is 0 Å².